The number of carboxylic acids is 1. The highest BCUT2D eigenvalue weighted by atomic mass is 16.7. The molecule has 0 bridgehead atoms. The second kappa shape index (κ2) is 11.9. The van der Waals surface area contributed by atoms with Crippen LogP contribution in [0.15, 0.2) is 47.6 Å². The third-order valence-corrected chi connectivity index (χ3v) is 4.14. The highest BCUT2D eigenvalue weighted by Gasteiger charge is 2.28. The molecular formula is C20H27N3O5. The maximum atomic E-state index is 11.9. The van der Waals surface area contributed by atoms with Crippen LogP contribution >= 0.6 is 0 Å². The van der Waals surface area contributed by atoms with E-state index in [2.05, 4.69) is 15.8 Å². The second-order valence-corrected chi connectivity index (χ2v) is 6.46. The van der Waals surface area contributed by atoms with Gasteiger partial charge in [-0.25, -0.2) is 10.2 Å². The van der Waals surface area contributed by atoms with Crippen LogP contribution in [0.5, 0.6) is 0 Å². The first-order chi connectivity index (χ1) is 13.5. The first-order valence-corrected chi connectivity index (χ1v) is 9.33. The van der Waals surface area contributed by atoms with Crippen molar-refractivity contribution in [3.8, 4) is 0 Å². The number of aliphatic carboxylic acids is 1. The van der Waals surface area contributed by atoms with Crippen molar-refractivity contribution in [2.45, 2.75) is 45.0 Å². The molecule has 0 aliphatic carbocycles. The van der Waals surface area contributed by atoms with E-state index in [1.54, 1.807) is 18.3 Å². The number of nitrogens with one attached hydrogen (secondary N) is 2. The number of unbranched alkanes of at least 4 members (excludes halogenated alkanes) is 1. The Morgan fingerprint density at radius 2 is 2.07 bits per heavy atom. The van der Waals surface area contributed by atoms with Gasteiger partial charge in [0.15, 0.2) is 6.29 Å². The summed E-state index contributed by atoms with van der Waals surface area (Å²) in [4.78, 5) is 22.4. The Morgan fingerprint density at radius 1 is 1.29 bits per heavy atom. The zero-order valence-electron chi connectivity index (χ0n) is 15.9. The molecule has 8 heteroatoms. The van der Waals surface area contributed by atoms with Crippen LogP contribution in [0.25, 0.3) is 0 Å². The van der Waals surface area contributed by atoms with Crippen LogP contribution in [0.3, 0.4) is 0 Å². The largest absolute Gasteiger partial charge is 0.481 e. The number of carboxylic acid groups (broad SMARTS) is 1. The quantitative estimate of drug-likeness (QED) is 0.260. The summed E-state index contributed by atoms with van der Waals surface area (Å²) >= 11 is 0. The average Bonchev–Trinajstić information content (AvgIpc) is 2.66. The number of urea groups is 1. The van der Waals surface area contributed by atoms with E-state index in [4.69, 9.17) is 14.6 Å². The van der Waals surface area contributed by atoms with E-state index in [-0.39, 0.29) is 24.7 Å². The van der Waals surface area contributed by atoms with Crippen molar-refractivity contribution >= 4 is 23.9 Å². The first kappa shape index (κ1) is 21.6. The van der Waals surface area contributed by atoms with Crippen LogP contribution in [0.4, 0.5) is 10.5 Å². The van der Waals surface area contributed by atoms with Gasteiger partial charge in [-0.15, -0.1) is 0 Å². The van der Waals surface area contributed by atoms with E-state index in [0.29, 0.717) is 25.1 Å². The molecule has 0 spiro atoms. The van der Waals surface area contributed by atoms with Crippen LogP contribution < -0.4 is 10.7 Å². The van der Waals surface area contributed by atoms with Crippen LogP contribution in [0, 0.1) is 5.92 Å². The number of carbonyl (C=O) groups is 2. The molecule has 2 amide bonds. The lowest BCUT2D eigenvalue weighted by molar-refractivity contribution is -0.206. The molecule has 3 N–H and O–H groups in total. The van der Waals surface area contributed by atoms with E-state index in [1.165, 1.54) is 0 Å². The van der Waals surface area contributed by atoms with E-state index < -0.39 is 12.0 Å². The maximum Gasteiger partial charge on any atom is 0.339 e. The summed E-state index contributed by atoms with van der Waals surface area (Å²) in [7, 11) is 0. The predicted octanol–water partition coefficient (Wildman–Crippen LogP) is 3.37. The topological polar surface area (TPSA) is 109 Å². The number of rotatable bonds is 9. The number of hydrogen-bond donors (Lipinski definition) is 3. The van der Waals surface area contributed by atoms with Crippen LogP contribution in [0.2, 0.25) is 0 Å². The van der Waals surface area contributed by atoms with Crippen molar-refractivity contribution in [2.24, 2.45) is 11.0 Å². The van der Waals surface area contributed by atoms with Crippen molar-refractivity contribution in [1.29, 1.82) is 0 Å². The molecule has 1 heterocycles. The molecule has 1 saturated heterocycles. The summed E-state index contributed by atoms with van der Waals surface area (Å²) in [6.07, 6.45) is 7.15. The standard InChI is InChI=1S/C20H27N3O5/c1-15-27-14-16(9-5-2-3-8-12-19(24)25)18(28-15)13-21-23-20(26)22-17-10-6-4-7-11-17/h2,4-7,10-11,13,15-16,18H,3,8-9,12,14H2,1H3,(H,24,25)(H2,22,23,26)/b5-2-,21-13?/t15-,16+,18+/m1/s1. The fraction of sp³-hybridized carbons (Fsp3) is 0.450. The Hall–Kier alpha value is -2.71. The van der Waals surface area contributed by atoms with Gasteiger partial charge in [-0.1, -0.05) is 30.4 Å². The molecule has 152 valence electrons. The molecule has 8 nitrogen and oxygen atoms in total. The molecule has 28 heavy (non-hydrogen) atoms. The minimum Gasteiger partial charge on any atom is -0.481 e. The Labute approximate surface area is 164 Å². The number of amides is 2. The van der Waals surface area contributed by atoms with Gasteiger partial charge in [0.25, 0.3) is 0 Å². The van der Waals surface area contributed by atoms with Gasteiger partial charge in [-0.05, 0) is 38.3 Å². The first-order valence-electron chi connectivity index (χ1n) is 9.33. The van der Waals surface area contributed by atoms with Crippen LogP contribution in [-0.4, -0.2) is 42.3 Å². The summed E-state index contributed by atoms with van der Waals surface area (Å²) in [5.74, 6) is -0.716. The molecule has 2 rings (SSSR count). The van der Waals surface area contributed by atoms with Gasteiger partial charge in [0.1, 0.15) is 6.10 Å². The number of carbonyl (C=O) groups excluding carboxylic acids is 1. The molecule has 1 aromatic carbocycles. The monoisotopic (exact) mass is 389 g/mol. The summed E-state index contributed by atoms with van der Waals surface area (Å²) in [6.45, 7) is 2.34. The smallest absolute Gasteiger partial charge is 0.339 e. The number of benzene rings is 1. The minimum atomic E-state index is -0.781. The zero-order chi connectivity index (χ0) is 20.2. The molecule has 1 aliphatic heterocycles. The summed E-state index contributed by atoms with van der Waals surface area (Å²) in [5.41, 5.74) is 3.11. The Kier molecular flexibility index (Phi) is 9.17. The SMILES string of the molecule is C[C@@H]1OC[C@H](C/C=C\CCCC(=O)O)[C@H](C=NNC(=O)Nc2ccccc2)O1. The van der Waals surface area contributed by atoms with Gasteiger partial charge in [0, 0.05) is 18.0 Å². The van der Waals surface area contributed by atoms with Gasteiger partial charge < -0.3 is 19.9 Å². The number of hydrogen-bond acceptors (Lipinski definition) is 5. The molecule has 3 atom stereocenters. The zero-order valence-corrected chi connectivity index (χ0v) is 15.9. The van der Waals surface area contributed by atoms with Gasteiger partial charge in [0.05, 0.1) is 12.8 Å². The molecule has 0 saturated carbocycles. The minimum absolute atomic E-state index is 0.0645. The van der Waals surface area contributed by atoms with Crippen LogP contribution in [0.1, 0.15) is 32.6 Å². The van der Waals surface area contributed by atoms with Crippen molar-refractivity contribution in [3.63, 3.8) is 0 Å². The predicted molar refractivity (Wildman–Crippen MR) is 106 cm³/mol. The molecule has 1 aliphatic rings. The summed E-state index contributed by atoms with van der Waals surface area (Å²) < 4.78 is 11.3. The Balaban J connectivity index is 1.78. The molecule has 1 fully saturated rings. The van der Waals surface area contributed by atoms with Gasteiger partial charge in [-0.3, -0.25) is 4.79 Å². The lowest BCUT2D eigenvalue weighted by Crippen LogP contribution is -2.40. The molecule has 0 radical (unpaired) electrons. The number of anilines is 1. The lowest BCUT2D eigenvalue weighted by atomic mass is 9.98. The van der Waals surface area contributed by atoms with Crippen LogP contribution in [-0.2, 0) is 14.3 Å². The van der Waals surface area contributed by atoms with E-state index >= 15 is 0 Å². The third kappa shape index (κ3) is 8.32. The maximum absolute atomic E-state index is 11.9. The van der Waals surface area contributed by atoms with Gasteiger partial charge >= 0.3 is 12.0 Å². The molecule has 0 aromatic heterocycles. The number of para-hydroxylation sites is 1. The van der Waals surface area contributed by atoms with Crippen molar-refractivity contribution in [1.82, 2.24) is 5.43 Å². The lowest BCUT2D eigenvalue weighted by Gasteiger charge is -2.32. The summed E-state index contributed by atoms with van der Waals surface area (Å²) in [5, 5.41) is 15.3. The number of hydrazone groups is 1. The number of ether oxygens (including phenoxy) is 2. The van der Waals surface area contributed by atoms with E-state index in [1.807, 2.05) is 37.3 Å². The Bertz CT molecular complexity index is 678. The molecule has 0 unspecified atom stereocenters. The van der Waals surface area contributed by atoms with Crippen molar-refractivity contribution in [2.75, 3.05) is 11.9 Å². The molecular weight excluding hydrogens is 362 g/mol. The fourth-order valence-electron chi connectivity index (χ4n) is 2.69. The number of allylic oxidation sites excluding steroid dienone is 2. The summed E-state index contributed by atoms with van der Waals surface area (Å²) in [6, 6.07) is 8.66. The average molecular weight is 389 g/mol. The highest BCUT2D eigenvalue weighted by Crippen LogP contribution is 2.21. The third-order valence-electron chi connectivity index (χ3n) is 4.14. The van der Waals surface area contributed by atoms with Gasteiger partial charge in [0.2, 0.25) is 0 Å². The fourth-order valence-corrected chi connectivity index (χ4v) is 2.69. The molecule has 1 aromatic rings. The Morgan fingerprint density at radius 3 is 2.82 bits per heavy atom. The number of nitrogens with zero attached hydrogens (tertiary/aromatic N) is 1. The normalized spacial score (nSPS) is 22.4. The van der Waals surface area contributed by atoms with Crippen molar-refractivity contribution in [3.05, 3.63) is 42.5 Å². The van der Waals surface area contributed by atoms with Crippen molar-refractivity contribution < 1.29 is 24.2 Å². The van der Waals surface area contributed by atoms with E-state index in [9.17, 15) is 9.59 Å². The van der Waals surface area contributed by atoms with Gasteiger partial charge in [-0.2, -0.15) is 5.10 Å². The highest BCUT2D eigenvalue weighted by molar-refractivity contribution is 5.89. The second-order valence-electron chi connectivity index (χ2n) is 6.46. The van der Waals surface area contributed by atoms with E-state index in [0.717, 1.165) is 6.42 Å².